The summed E-state index contributed by atoms with van der Waals surface area (Å²) in [4.78, 5) is 10.7. The molecule has 1 aromatic heterocycles. The van der Waals surface area contributed by atoms with E-state index in [2.05, 4.69) is 6.58 Å². The number of carbonyl (C=O) groups is 1. The van der Waals surface area contributed by atoms with Crippen LogP contribution in [0.2, 0.25) is 0 Å². The Bertz CT molecular complexity index is 302. The fraction of sp³-hybridized carbons (Fsp3) is 0.300. The topological polar surface area (TPSA) is 59.7 Å². The number of carbonyl (C=O) groups excluding carboxylic acids is 1. The van der Waals surface area contributed by atoms with Gasteiger partial charge in [-0.25, -0.2) is 0 Å². The van der Waals surface area contributed by atoms with Crippen LogP contribution in [0.15, 0.2) is 35.5 Å². The number of hydrogen-bond acceptors (Lipinski definition) is 4. The summed E-state index contributed by atoms with van der Waals surface area (Å²) < 4.78 is 9.79. The molecular formula is C10H12O4. The lowest BCUT2D eigenvalue weighted by atomic mass is 10.1. The first-order valence-corrected chi connectivity index (χ1v) is 4.16. The third-order valence-electron chi connectivity index (χ3n) is 1.68. The zero-order valence-corrected chi connectivity index (χ0v) is 7.84. The first kappa shape index (κ1) is 10.5. The van der Waals surface area contributed by atoms with Crippen molar-refractivity contribution in [3.63, 3.8) is 0 Å². The van der Waals surface area contributed by atoms with Crippen LogP contribution in [-0.2, 0) is 9.53 Å². The second kappa shape index (κ2) is 4.62. The van der Waals surface area contributed by atoms with Gasteiger partial charge < -0.3 is 14.3 Å². The van der Waals surface area contributed by atoms with Gasteiger partial charge in [0.15, 0.2) is 12.2 Å². The number of furan rings is 1. The summed E-state index contributed by atoms with van der Waals surface area (Å²) in [6.45, 7) is 4.74. The molecule has 4 heteroatoms. The van der Waals surface area contributed by atoms with Gasteiger partial charge in [0, 0.05) is 6.92 Å². The minimum Gasteiger partial charge on any atom is -0.466 e. The maximum absolute atomic E-state index is 10.7. The molecule has 1 N–H and O–H groups in total. The molecule has 0 saturated heterocycles. The molecule has 0 fully saturated rings. The number of ether oxygens (including phenoxy) is 1. The highest BCUT2D eigenvalue weighted by Gasteiger charge is 2.22. The van der Waals surface area contributed by atoms with Crippen molar-refractivity contribution in [2.75, 3.05) is 0 Å². The van der Waals surface area contributed by atoms with Crippen LogP contribution >= 0.6 is 0 Å². The standard InChI is InChI=1S/C10H12O4/c1-3-8(14-7(2)11)10(12)9-5-4-6-13-9/h3-6,8,10,12H,1H2,2H3. The lowest BCUT2D eigenvalue weighted by molar-refractivity contribution is -0.149. The zero-order valence-electron chi connectivity index (χ0n) is 7.84. The third-order valence-corrected chi connectivity index (χ3v) is 1.68. The predicted molar refractivity (Wildman–Crippen MR) is 49.4 cm³/mol. The number of hydrogen-bond donors (Lipinski definition) is 1. The molecule has 2 atom stereocenters. The Labute approximate surface area is 81.8 Å². The largest absolute Gasteiger partial charge is 0.466 e. The first-order chi connectivity index (χ1) is 6.65. The average molecular weight is 196 g/mol. The monoisotopic (exact) mass is 196 g/mol. The van der Waals surface area contributed by atoms with E-state index in [9.17, 15) is 9.90 Å². The van der Waals surface area contributed by atoms with Gasteiger partial charge in [-0.1, -0.05) is 6.58 Å². The van der Waals surface area contributed by atoms with Gasteiger partial charge in [-0.3, -0.25) is 4.79 Å². The highest BCUT2D eigenvalue weighted by Crippen LogP contribution is 2.20. The highest BCUT2D eigenvalue weighted by molar-refractivity contribution is 5.66. The fourth-order valence-corrected chi connectivity index (χ4v) is 1.05. The van der Waals surface area contributed by atoms with E-state index in [0.29, 0.717) is 5.76 Å². The van der Waals surface area contributed by atoms with Gasteiger partial charge in [-0.15, -0.1) is 0 Å². The molecule has 0 amide bonds. The molecule has 0 bridgehead atoms. The van der Waals surface area contributed by atoms with Gasteiger partial charge >= 0.3 is 5.97 Å². The van der Waals surface area contributed by atoms with Crippen molar-refractivity contribution in [2.24, 2.45) is 0 Å². The van der Waals surface area contributed by atoms with E-state index < -0.39 is 18.2 Å². The SMILES string of the molecule is C=CC(OC(C)=O)C(O)c1ccco1. The predicted octanol–water partition coefficient (Wildman–Crippen LogP) is 1.43. The summed E-state index contributed by atoms with van der Waals surface area (Å²) in [5, 5.41) is 9.68. The molecule has 0 spiro atoms. The lowest BCUT2D eigenvalue weighted by Crippen LogP contribution is -2.21. The molecule has 0 aromatic carbocycles. The molecule has 1 rings (SSSR count). The molecule has 1 aromatic rings. The van der Waals surface area contributed by atoms with Gasteiger partial charge in [0.05, 0.1) is 6.26 Å². The van der Waals surface area contributed by atoms with E-state index in [4.69, 9.17) is 9.15 Å². The van der Waals surface area contributed by atoms with Crippen LogP contribution in [0.3, 0.4) is 0 Å². The molecule has 2 unspecified atom stereocenters. The summed E-state index contributed by atoms with van der Waals surface area (Å²) in [6, 6.07) is 3.25. The molecule has 0 aliphatic carbocycles. The molecule has 0 aliphatic rings. The Hall–Kier alpha value is -1.55. The minimum atomic E-state index is -1.01. The average Bonchev–Trinajstić information content (AvgIpc) is 2.65. The summed E-state index contributed by atoms with van der Waals surface area (Å²) in [5.41, 5.74) is 0. The minimum absolute atomic E-state index is 0.344. The molecule has 0 aliphatic heterocycles. The number of aliphatic hydroxyl groups is 1. The van der Waals surface area contributed by atoms with Crippen LogP contribution in [0.25, 0.3) is 0 Å². The maximum atomic E-state index is 10.7. The van der Waals surface area contributed by atoms with Crippen LogP contribution in [0.1, 0.15) is 18.8 Å². The molecule has 1 heterocycles. The van der Waals surface area contributed by atoms with Crippen molar-refractivity contribution in [2.45, 2.75) is 19.1 Å². The molecule has 76 valence electrons. The Morgan fingerprint density at radius 1 is 1.79 bits per heavy atom. The fourth-order valence-electron chi connectivity index (χ4n) is 1.05. The Morgan fingerprint density at radius 2 is 2.50 bits per heavy atom. The molecule has 0 saturated carbocycles. The van der Waals surface area contributed by atoms with Gasteiger partial charge in [-0.2, -0.15) is 0 Å². The van der Waals surface area contributed by atoms with Crippen molar-refractivity contribution in [3.8, 4) is 0 Å². The summed E-state index contributed by atoms with van der Waals surface area (Å²) in [7, 11) is 0. The Balaban J connectivity index is 2.70. The summed E-state index contributed by atoms with van der Waals surface area (Å²) in [6.07, 6.45) is 1.01. The summed E-state index contributed by atoms with van der Waals surface area (Å²) in [5.74, 6) is -0.128. The molecule has 14 heavy (non-hydrogen) atoms. The van der Waals surface area contributed by atoms with Crippen LogP contribution in [0.5, 0.6) is 0 Å². The normalized spacial score (nSPS) is 14.4. The van der Waals surface area contributed by atoms with Gasteiger partial charge in [0.1, 0.15) is 5.76 Å². The van der Waals surface area contributed by atoms with E-state index in [0.717, 1.165) is 0 Å². The van der Waals surface area contributed by atoms with Crippen LogP contribution in [0.4, 0.5) is 0 Å². The quantitative estimate of drug-likeness (QED) is 0.584. The lowest BCUT2D eigenvalue weighted by Gasteiger charge is -2.17. The number of rotatable bonds is 4. The van der Waals surface area contributed by atoms with Crippen LogP contribution in [0, 0.1) is 0 Å². The maximum Gasteiger partial charge on any atom is 0.303 e. The van der Waals surface area contributed by atoms with Crippen molar-refractivity contribution in [3.05, 3.63) is 36.8 Å². The van der Waals surface area contributed by atoms with E-state index in [1.165, 1.54) is 19.3 Å². The van der Waals surface area contributed by atoms with Gasteiger partial charge in [0.2, 0.25) is 0 Å². The second-order valence-corrected chi connectivity index (χ2v) is 2.77. The Kier molecular flexibility index (Phi) is 3.48. The third kappa shape index (κ3) is 2.47. The van der Waals surface area contributed by atoms with E-state index in [1.54, 1.807) is 12.1 Å². The van der Waals surface area contributed by atoms with E-state index in [-0.39, 0.29) is 0 Å². The van der Waals surface area contributed by atoms with Gasteiger partial charge in [-0.05, 0) is 18.2 Å². The van der Waals surface area contributed by atoms with Gasteiger partial charge in [0.25, 0.3) is 0 Å². The smallest absolute Gasteiger partial charge is 0.303 e. The second-order valence-electron chi connectivity index (χ2n) is 2.77. The molecular weight excluding hydrogens is 184 g/mol. The number of aliphatic hydroxyl groups excluding tert-OH is 1. The van der Waals surface area contributed by atoms with Crippen LogP contribution < -0.4 is 0 Å². The molecule has 0 radical (unpaired) electrons. The zero-order chi connectivity index (χ0) is 10.6. The van der Waals surface area contributed by atoms with Crippen molar-refractivity contribution < 1.29 is 19.1 Å². The Morgan fingerprint density at radius 3 is 2.93 bits per heavy atom. The van der Waals surface area contributed by atoms with Crippen molar-refractivity contribution in [1.29, 1.82) is 0 Å². The highest BCUT2D eigenvalue weighted by atomic mass is 16.6. The first-order valence-electron chi connectivity index (χ1n) is 4.16. The van der Waals surface area contributed by atoms with Crippen molar-refractivity contribution >= 4 is 5.97 Å². The van der Waals surface area contributed by atoms with E-state index >= 15 is 0 Å². The summed E-state index contributed by atoms with van der Waals surface area (Å²) >= 11 is 0. The van der Waals surface area contributed by atoms with E-state index in [1.807, 2.05) is 0 Å². The van der Waals surface area contributed by atoms with Crippen LogP contribution in [-0.4, -0.2) is 17.2 Å². The van der Waals surface area contributed by atoms with Crippen molar-refractivity contribution in [1.82, 2.24) is 0 Å². The molecule has 4 nitrogen and oxygen atoms in total. The number of esters is 1.